The average molecular weight is 167 g/mol. The molecule has 1 N–H and O–H groups in total. The maximum absolute atomic E-state index is 3.91. The topological polar surface area (TPSA) is 12.0 Å². The molecule has 0 aromatic carbocycles. The fourth-order valence-corrected chi connectivity index (χ4v) is 2.64. The summed E-state index contributed by atoms with van der Waals surface area (Å²) in [6, 6.07) is 0.519. The van der Waals surface area contributed by atoms with Crippen LogP contribution in [0.2, 0.25) is 0 Å². The van der Waals surface area contributed by atoms with Crippen molar-refractivity contribution < 1.29 is 0 Å². The van der Waals surface area contributed by atoms with Crippen LogP contribution in [0.25, 0.3) is 0 Å². The molecule has 1 atom stereocenters. The van der Waals surface area contributed by atoms with Gasteiger partial charge in [0.05, 0.1) is 0 Å². The van der Waals surface area contributed by atoms with Crippen molar-refractivity contribution in [1.29, 1.82) is 0 Å². The summed E-state index contributed by atoms with van der Waals surface area (Å²) in [4.78, 5) is 0. The van der Waals surface area contributed by atoms with Crippen LogP contribution in [-0.4, -0.2) is 13.1 Å². The van der Waals surface area contributed by atoms with E-state index in [2.05, 4.69) is 24.9 Å². The van der Waals surface area contributed by atoms with Crippen molar-refractivity contribution in [2.45, 2.75) is 45.1 Å². The maximum atomic E-state index is 3.91. The Morgan fingerprint density at radius 3 is 2.42 bits per heavy atom. The van der Waals surface area contributed by atoms with E-state index in [0.717, 1.165) is 0 Å². The normalized spacial score (nSPS) is 23.8. The minimum atomic E-state index is 0.519. The quantitative estimate of drug-likeness (QED) is 0.635. The SMILES string of the molecule is C=CC(NC)C1(CC)CCCC1. The van der Waals surface area contributed by atoms with Crippen LogP contribution in [0.5, 0.6) is 0 Å². The molecule has 0 aromatic heterocycles. The van der Waals surface area contributed by atoms with Gasteiger partial charge in [0.2, 0.25) is 0 Å². The highest BCUT2D eigenvalue weighted by Gasteiger charge is 2.37. The summed E-state index contributed by atoms with van der Waals surface area (Å²) in [7, 11) is 2.04. The Morgan fingerprint density at radius 2 is 2.08 bits per heavy atom. The van der Waals surface area contributed by atoms with Crippen molar-refractivity contribution in [3.05, 3.63) is 12.7 Å². The molecule has 0 radical (unpaired) electrons. The molecule has 12 heavy (non-hydrogen) atoms. The van der Waals surface area contributed by atoms with E-state index in [9.17, 15) is 0 Å². The molecule has 1 fully saturated rings. The minimum absolute atomic E-state index is 0.519. The smallest absolute Gasteiger partial charge is 0.0301 e. The van der Waals surface area contributed by atoms with E-state index in [1.54, 1.807) is 0 Å². The third-order valence-corrected chi connectivity index (χ3v) is 3.51. The summed E-state index contributed by atoms with van der Waals surface area (Å²) >= 11 is 0. The van der Waals surface area contributed by atoms with Crippen molar-refractivity contribution in [3.8, 4) is 0 Å². The number of likely N-dealkylation sites (N-methyl/N-ethyl adjacent to an activating group) is 1. The zero-order valence-electron chi connectivity index (χ0n) is 8.40. The van der Waals surface area contributed by atoms with Crippen LogP contribution in [0.4, 0.5) is 0 Å². The molecule has 1 saturated carbocycles. The second-order valence-corrected chi connectivity index (χ2v) is 3.93. The Kier molecular flexibility index (Phi) is 3.33. The van der Waals surface area contributed by atoms with Gasteiger partial charge in [-0.3, -0.25) is 0 Å². The van der Waals surface area contributed by atoms with E-state index in [1.807, 2.05) is 7.05 Å². The van der Waals surface area contributed by atoms with E-state index in [4.69, 9.17) is 0 Å². The lowest BCUT2D eigenvalue weighted by Gasteiger charge is -2.34. The van der Waals surface area contributed by atoms with Crippen LogP contribution in [-0.2, 0) is 0 Å². The lowest BCUT2D eigenvalue weighted by molar-refractivity contribution is 0.227. The Morgan fingerprint density at radius 1 is 1.50 bits per heavy atom. The van der Waals surface area contributed by atoms with Gasteiger partial charge in [0, 0.05) is 6.04 Å². The third kappa shape index (κ3) is 1.56. The standard InChI is InChI=1S/C11H21N/c1-4-10(12-3)11(5-2)8-6-7-9-11/h4,10,12H,1,5-9H2,2-3H3. The molecule has 1 heteroatoms. The molecule has 0 heterocycles. The number of rotatable bonds is 4. The first-order valence-corrected chi connectivity index (χ1v) is 5.09. The largest absolute Gasteiger partial charge is 0.313 e. The molecule has 0 amide bonds. The van der Waals surface area contributed by atoms with Crippen LogP contribution < -0.4 is 5.32 Å². The molecular formula is C11H21N. The van der Waals surface area contributed by atoms with Gasteiger partial charge in [-0.2, -0.15) is 0 Å². The molecule has 0 saturated heterocycles. The first-order chi connectivity index (χ1) is 5.79. The van der Waals surface area contributed by atoms with Crippen LogP contribution in [0.15, 0.2) is 12.7 Å². The predicted octanol–water partition coefficient (Wildman–Crippen LogP) is 2.73. The molecule has 1 nitrogen and oxygen atoms in total. The van der Waals surface area contributed by atoms with Crippen LogP contribution in [0, 0.1) is 5.41 Å². The summed E-state index contributed by atoms with van der Waals surface area (Å²) in [5.41, 5.74) is 0.524. The zero-order chi connectivity index (χ0) is 9.03. The van der Waals surface area contributed by atoms with Crippen molar-refractivity contribution in [2.24, 2.45) is 5.41 Å². The molecule has 0 spiro atoms. The monoisotopic (exact) mass is 167 g/mol. The molecule has 70 valence electrons. The summed E-state index contributed by atoms with van der Waals surface area (Å²) in [6.07, 6.45) is 8.92. The molecular weight excluding hydrogens is 146 g/mol. The summed E-state index contributed by atoms with van der Waals surface area (Å²) in [5, 5.41) is 3.37. The lowest BCUT2D eigenvalue weighted by atomic mass is 9.76. The molecule has 0 aliphatic heterocycles. The van der Waals surface area contributed by atoms with Gasteiger partial charge in [0.25, 0.3) is 0 Å². The van der Waals surface area contributed by atoms with E-state index < -0.39 is 0 Å². The van der Waals surface area contributed by atoms with Gasteiger partial charge in [-0.1, -0.05) is 25.8 Å². The molecule has 0 aromatic rings. The van der Waals surface area contributed by atoms with Crippen molar-refractivity contribution in [1.82, 2.24) is 5.32 Å². The Bertz CT molecular complexity index is 145. The highest BCUT2D eigenvalue weighted by atomic mass is 14.9. The first kappa shape index (κ1) is 9.79. The van der Waals surface area contributed by atoms with Gasteiger partial charge in [0.1, 0.15) is 0 Å². The van der Waals surface area contributed by atoms with E-state index in [1.165, 1.54) is 32.1 Å². The Labute approximate surface area is 76.2 Å². The predicted molar refractivity (Wildman–Crippen MR) is 54.2 cm³/mol. The van der Waals surface area contributed by atoms with E-state index >= 15 is 0 Å². The first-order valence-electron chi connectivity index (χ1n) is 5.09. The zero-order valence-corrected chi connectivity index (χ0v) is 8.40. The second kappa shape index (κ2) is 4.08. The van der Waals surface area contributed by atoms with Crippen molar-refractivity contribution in [2.75, 3.05) is 7.05 Å². The van der Waals surface area contributed by atoms with Gasteiger partial charge in [-0.15, -0.1) is 6.58 Å². The summed E-state index contributed by atoms with van der Waals surface area (Å²) < 4.78 is 0. The van der Waals surface area contributed by atoms with Crippen molar-refractivity contribution >= 4 is 0 Å². The highest BCUT2D eigenvalue weighted by molar-refractivity contribution is 5.01. The fraction of sp³-hybridized carbons (Fsp3) is 0.818. The number of nitrogens with one attached hydrogen (secondary N) is 1. The average Bonchev–Trinajstić information content (AvgIpc) is 2.56. The van der Waals surface area contributed by atoms with Crippen LogP contribution in [0.3, 0.4) is 0 Å². The molecule has 1 aliphatic carbocycles. The molecule has 1 aliphatic rings. The summed E-state index contributed by atoms with van der Waals surface area (Å²) in [5.74, 6) is 0. The van der Waals surface area contributed by atoms with Gasteiger partial charge in [-0.05, 0) is 31.7 Å². The highest BCUT2D eigenvalue weighted by Crippen LogP contribution is 2.43. The minimum Gasteiger partial charge on any atom is -0.313 e. The van der Waals surface area contributed by atoms with Gasteiger partial charge < -0.3 is 5.32 Å². The third-order valence-electron chi connectivity index (χ3n) is 3.51. The van der Waals surface area contributed by atoms with Crippen LogP contribution in [0.1, 0.15) is 39.0 Å². The van der Waals surface area contributed by atoms with Crippen LogP contribution >= 0.6 is 0 Å². The van der Waals surface area contributed by atoms with Gasteiger partial charge in [0.15, 0.2) is 0 Å². The second-order valence-electron chi connectivity index (χ2n) is 3.93. The fourth-order valence-electron chi connectivity index (χ4n) is 2.64. The Hall–Kier alpha value is -0.300. The Balaban J connectivity index is 2.69. The van der Waals surface area contributed by atoms with Crippen molar-refractivity contribution in [3.63, 3.8) is 0 Å². The lowest BCUT2D eigenvalue weighted by Crippen LogP contribution is -2.40. The maximum Gasteiger partial charge on any atom is 0.0301 e. The summed E-state index contributed by atoms with van der Waals surface area (Å²) in [6.45, 7) is 6.21. The van der Waals surface area contributed by atoms with Gasteiger partial charge in [-0.25, -0.2) is 0 Å². The van der Waals surface area contributed by atoms with E-state index in [-0.39, 0.29) is 0 Å². The molecule has 0 bridgehead atoms. The number of hydrogen-bond acceptors (Lipinski definition) is 1. The van der Waals surface area contributed by atoms with Gasteiger partial charge >= 0.3 is 0 Å². The molecule has 1 unspecified atom stereocenters. The molecule has 1 rings (SSSR count). The van der Waals surface area contributed by atoms with E-state index in [0.29, 0.717) is 11.5 Å². The number of hydrogen-bond donors (Lipinski definition) is 1.